The van der Waals surface area contributed by atoms with E-state index in [0.717, 1.165) is 5.56 Å². The molecule has 0 amide bonds. The van der Waals surface area contributed by atoms with Gasteiger partial charge in [0.2, 0.25) is 0 Å². The summed E-state index contributed by atoms with van der Waals surface area (Å²) in [5, 5.41) is 2.87. The normalized spacial score (nSPS) is 11.4. The largest absolute Gasteiger partial charge is 0.316 e. The van der Waals surface area contributed by atoms with Crippen LogP contribution in [-0.4, -0.2) is 20.4 Å². The van der Waals surface area contributed by atoms with Crippen molar-refractivity contribution in [2.45, 2.75) is 18.5 Å². The molecule has 7 heteroatoms. The molecule has 0 saturated carbocycles. The molecule has 0 aliphatic heterocycles. The van der Waals surface area contributed by atoms with Gasteiger partial charge in [0, 0.05) is 18.4 Å². The molecule has 1 aromatic heterocycles. The Hall–Kier alpha value is -1.99. The topological polar surface area (TPSA) is 71.1 Å². The van der Waals surface area contributed by atoms with E-state index < -0.39 is 10.0 Å². The number of hydrogen-bond acceptors (Lipinski definition) is 4. The van der Waals surface area contributed by atoms with Crippen LogP contribution in [0, 0.1) is 12.7 Å². The molecular formula is C14H16FN3O2S. The second kappa shape index (κ2) is 6.19. The molecule has 5 nitrogen and oxygen atoms in total. The lowest BCUT2D eigenvalue weighted by Crippen LogP contribution is -2.15. The number of aryl methyl sites for hydroxylation is 1. The molecule has 1 heterocycles. The van der Waals surface area contributed by atoms with Crippen molar-refractivity contribution >= 4 is 15.7 Å². The van der Waals surface area contributed by atoms with Gasteiger partial charge < -0.3 is 5.32 Å². The number of rotatable bonds is 5. The van der Waals surface area contributed by atoms with Crippen LogP contribution in [0.4, 0.5) is 10.1 Å². The monoisotopic (exact) mass is 309 g/mol. The van der Waals surface area contributed by atoms with Gasteiger partial charge in [-0.15, -0.1) is 0 Å². The number of nitrogens with one attached hydrogen (secondary N) is 2. The fourth-order valence-electron chi connectivity index (χ4n) is 1.79. The number of nitrogens with zero attached hydrogens (tertiary/aromatic N) is 1. The quantitative estimate of drug-likeness (QED) is 0.887. The lowest BCUT2D eigenvalue weighted by Gasteiger charge is -2.09. The van der Waals surface area contributed by atoms with Crippen LogP contribution in [0.25, 0.3) is 0 Å². The van der Waals surface area contributed by atoms with E-state index in [1.165, 1.54) is 30.5 Å². The van der Waals surface area contributed by atoms with Gasteiger partial charge in [-0.3, -0.25) is 4.72 Å². The Kier molecular flexibility index (Phi) is 4.54. The maximum Gasteiger partial charge on any atom is 0.279 e. The molecule has 0 bridgehead atoms. The van der Waals surface area contributed by atoms with E-state index in [0.29, 0.717) is 17.8 Å². The number of anilines is 1. The van der Waals surface area contributed by atoms with Crippen LogP contribution in [-0.2, 0) is 16.6 Å². The summed E-state index contributed by atoms with van der Waals surface area (Å²) in [5.41, 5.74) is 1.55. The average molecular weight is 309 g/mol. The molecule has 0 spiro atoms. The molecule has 0 saturated heterocycles. The number of hydrogen-bond donors (Lipinski definition) is 2. The Bertz CT molecular complexity index is 730. The first-order valence-corrected chi connectivity index (χ1v) is 7.79. The van der Waals surface area contributed by atoms with Gasteiger partial charge in [-0.25, -0.2) is 9.37 Å². The van der Waals surface area contributed by atoms with Gasteiger partial charge in [-0.1, -0.05) is 6.07 Å². The molecule has 2 N–H and O–H groups in total. The third kappa shape index (κ3) is 3.77. The summed E-state index contributed by atoms with van der Waals surface area (Å²) in [6.45, 7) is 2.18. The zero-order valence-electron chi connectivity index (χ0n) is 11.7. The van der Waals surface area contributed by atoms with Crippen LogP contribution in [0.1, 0.15) is 11.1 Å². The zero-order chi connectivity index (χ0) is 15.5. The van der Waals surface area contributed by atoms with Crippen molar-refractivity contribution in [1.82, 2.24) is 10.3 Å². The summed E-state index contributed by atoms with van der Waals surface area (Å²) < 4.78 is 39.9. The number of benzene rings is 1. The Balaban J connectivity index is 2.23. The van der Waals surface area contributed by atoms with Crippen LogP contribution in [0.15, 0.2) is 41.6 Å². The smallest absolute Gasteiger partial charge is 0.279 e. The molecular weight excluding hydrogens is 293 g/mol. The van der Waals surface area contributed by atoms with Crippen molar-refractivity contribution in [3.8, 4) is 0 Å². The second-order valence-corrected chi connectivity index (χ2v) is 6.23. The minimum absolute atomic E-state index is 0.0793. The maximum absolute atomic E-state index is 13.2. The average Bonchev–Trinajstić information content (AvgIpc) is 2.44. The number of pyridine rings is 1. The summed E-state index contributed by atoms with van der Waals surface area (Å²) in [4.78, 5) is 3.94. The second-order valence-electron chi connectivity index (χ2n) is 4.60. The van der Waals surface area contributed by atoms with Gasteiger partial charge >= 0.3 is 0 Å². The Morgan fingerprint density at radius 2 is 2.00 bits per heavy atom. The Morgan fingerprint density at radius 1 is 1.24 bits per heavy atom. The van der Waals surface area contributed by atoms with Gasteiger partial charge in [0.25, 0.3) is 10.0 Å². The molecule has 0 atom stereocenters. The van der Waals surface area contributed by atoms with E-state index in [1.54, 1.807) is 20.0 Å². The fourth-order valence-corrected chi connectivity index (χ4v) is 2.77. The lowest BCUT2D eigenvalue weighted by molar-refractivity contribution is 0.597. The third-order valence-electron chi connectivity index (χ3n) is 2.86. The number of sulfonamides is 1. The third-order valence-corrected chi connectivity index (χ3v) is 4.16. The van der Waals surface area contributed by atoms with E-state index >= 15 is 0 Å². The molecule has 0 unspecified atom stereocenters. The van der Waals surface area contributed by atoms with Gasteiger partial charge in [-0.05, 0) is 49.4 Å². The van der Waals surface area contributed by atoms with Crippen molar-refractivity contribution in [1.29, 1.82) is 0 Å². The van der Waals surface area contributed by atoms with Crippen LogP contribution < -0.4 is 10.0 Å². The molecule has 2 aromatic rings. The summed E-state index contributed by atoms with van der Waals surface area (Å²) in [6, 6.07) is 7.15. The Morgan fingerprint density at radius 3 is 2.57 bits per heavy atom. The molecule has 21 heavy (non-hydrogen) atoms. The molecule has 0 aliphatic rings. The molecule has 112 valence electrons. The van der Waals surface area contributed by atoms with Crippen molar-refractivity contribution in [2.75, 3.05) is 11.8 Å². The molecule has 0 aliphatic carbocycles. The van der Waals surface area contributed by atoms with E-state index in [4.69, 9.17) is 0 Å². The zero-order valence-corrected chi connectivity index (χ0v) is 12.5. The first kappa shape index (κ1) is 15.4. The van der Waals surface area contributed by atoms with Gasteiger partial charge in [0.05, 0.1) is 0 Å². The number of halogens is 1. The van der Waals surface area contributed by atoms with Crippen LogP contribution in [0.2, 0.25) is 0 Å². The van der Waals surface area contributed by atoms with Crippen molar-refractivity contribution in [3.05, 3.63) is 53.5 Å². The predicted molar refractivity (Wildman–Crippen MR) is 78.9 cm³/mol. The van der Waals surface area contributed by atoms with Crippen molar-refractivity contribution in [2.24, 2.45) is 0 Å². The predicted octanol–water partition coefficient (Wildman–Crippen LogP) is 2.05. The van der Waals surface area contributed by atoms with Gasteiger partial charge in [0.15, 0.2) is 5.03 Å². The standard InChI is InChI=1S/C14H16FN3O2S/c1-10-7-12(4-5-13(10)15)18-21(19,20)14-6-3-11(8-16-2)9-17-14/h3-7,9,16,18H,8H2,1-2H3. The highest BCUT2D eigenvalue weighted by molar-refractivity contribution is 7.92. The van der Waals surface area contributed by atoms with E-state index in [1.807, 2.05) is 0 Å². The Labute approximate surface area is 123 Å². The lowest BCUT2D eigenvalue weighted by atomic mass is 10.2. The minimum atomic E-state index is -3.78. The summed E-state index contributed by atoms with van der Waals surface area (Å²) >= 11 is 0. The van der Waals surface area contributed by atoms with Gasteiger partial charge in [-0.2, -0.15) is 8.42 Å². The first-order valence-electron chi connectivity index (χ1n) is 6.31. The number of aromatic nitrogens is 1. The van der Waals surface area contributed by atoms with Gasteiger partial charge in [0.1, 0.15) is 5.82 Å². The molecule has 2 rings (SSSR count). The maximum atomic E-state index is 13.2. The fraction of sp³-hybridized carbons (Fsp3) is 0.214. The van der Waals surface area contributed by atoms with Crippen LogP contribution in [0.5, 0.6) is 0 Å². The summed E-state index contributed by atoms with van der Waals surface area (Å²) in [6.07, 6.45) is 1.50. The minimum Gasteiger partial charge on any atom is -0.316 e. The van der Waals surface area contributed by atoms with E-state index in [2.05, 4.69) is 15.0 Å². The molecule has 1 aromatic carbocycles. The van der Waals surface area contributed by atoms with E-state index in [-0.39, 0.29) is 10.8 Å². The SMILES string of the molecule is CNCc1ccc(S(=O)(=O)Nc2ccc(F)c(C)c2)nc1. The molecule has 0 fully saturated rings. The van der Waals surface area contributed by atoms with E-state index in [9.17, 15) is 12.8 Å². The van der Waals surface area contributed by atoms with Crippen molar-refractivity contribution < 1.29 is 12.8 Å². The van der Waals surface area contributed by atoms with Crippen LogP contribution >= 0.6 is 0 Å². The summed E-state index contributed by atoms with van der Waals surface area (Å²) in [5.74, 6) is -0.382. The molecule has 0 radical (unpaired) electrons. The summed E-state index contributed by atoms with van der Waals surface area (Å²) in [7, 11) is -1.98. The highest BCUT2D eigenvalue weighted by atomic mass is 32.2. The highest BCUT2D eigenvalue weighted by Gasteiger charge is 2.16. The van der Waals surface area contributed by atoms with Crippen LogP contribution in [0.3, 0.4) is 0 Å². The highest BCUT2D eigenvalue weighted by Crippen LogP contribution is 2.17. The first-order chi connectivity index (χ1) is 9.92. The van der Waals surface area contributed by atoms with Crippen molar-refractivity contribution in [3.63, 3.8) is 0 Å².